The van der Waals surface area contributed by atoms with E-state index in [1.807, 2.05) is 6.92 Å². The lowest BCUT2D eigenvalue weighted by Gasteiger charge is -2.09. The van der Waals surface area contributed by atoms with Crippen molar-refractivity contribution < 1.29 is 0 Å². The third-order valence-corrected chi connectivity index (χ3v) is 3.92. The fourth-order valence-electron chi connectivity index (χ4n) is 2.70. The monoisotopic (exact) mass is 296 g/mol. The van der Waals surface area contributed by atoms with E-state index < -0.39 is 0 Å². The molecule has 0 fully saturated rings. The number of fused-ring (bicyclic) bond motifs is 1. The molecule has 20 heavy (non-hydrogen) atoms. The van der Waals surface area contributed by atoms with Crippen molar-refractivity contribution >= 4 is 22.8 Å². The van der Waals surface area contributed by atoms with E-state index in [1.165, 1.54) is 31.3 Å². The average molecular weight is 297 g/mol. The predicted molar refractivity (Wildman–Crippen MR) is 84.5 cm³/mol. The van der Waals surface area contributed by atoms with Crippen molar-refractivity contribution in [3.63, 3.8) is 0 Å². The zero-order valence-electron chi connectivity index (χ0n) is 12.8. The third-order valence-electron chi connectivity index (χ3n) is 3.73. The van der Waals surface area contributed by atoms with Gasteiger partial charge in [-0.25, -0.2) is 9.67 Å². The van der Waals surface area contributed by atoms with Crippen LogP contribution in [0.15, 0.2) is 0 Å². The molecule has 112 valence electrons. The number of hydrogen-bond acceptors (Lipinski definition) is 2. The number of nitrogens with zero attached hydrogens (tertiary/aromatic N) is 4. The van der Waals surface area contributed by atoms with Crippen LogP contribution in [0.1, 0.15) is 51.0 Å². The molecule has 0 N–H and O–H groups in total. The molecule has 0 aliphatic heterocycles. The van der Waals surface area contributed by atoms with Gasteiger partial charge < -0.3 is 4.57 Å². The maximum atomic E-state index is 5.92. The number of hydrogen-bond donors (Lipinski definition) is 0. The highest BCUT2D eigenvalue weighted by Crippen LogP contribution is 2.21. The molecule has 2 heterocycles. The summed E-state index contributed by atoms with van der Waals surface area (Å²) in [4.78, 5) is 4.76. The van der Waals surface area contributed by atoms with Crippen molar-refractivity contribution in [1.29, 1.82) is 0 Å². The SMILES string of the molecule is CCCCCCn1c(CCCl)nc2c(C)nn(CC)c21. The molecule has 0 saturated heterocycles. The molecule has 0 aliphatic carbocycles. The van der Waals surface area contributed by atoms with Gasteiger partial charge in [0.1, 0.15) is 11.3 Å². The minimum Gasteiger partial charge on any atom is -0.313 e. The quantitative estimate of drug-likeness (QED) is 0.547. The standard InChI is InChI=1S/C15H25ClN4/c1-4-6-7-8-11-19-13(9-10-16)17-14-12(3)18-20(5-2)15(14)19/h4-11H2,1-3H3. The Labute approximate surface area is 126 Å². The summed E-state index contributed by atoms with van der Waals surface area (Å²) in [5.41, 5.74) is 3.23. The van der Waals surface area contributed by atoms with Crippen LogP contribution in [0.5, 0.6) is 0 Å². The maximum absolute atomic E-state index is 5.92. The molecule has 2 aromatic rings. The molecule has 0 unspecified atom stereocenters. The van der Waals surface area contributed by atoms with Gasteiger partial charge in [0.25, 0.3) is 0 Å². The molecular weight excluding hydrogens is 272 g/mol. The first-order valence-corrected chi connectivity index (χ1v) is 8.24. The molecule has 2 rings (SSSR count). The molecule has 0 atom stereocenters. The Morgan fingerprint density at radius 1 is 1.15 bits per heavy atom. The van der Waals surface area contributed by atoms with Crippen LogP contribution >= 0.6 is 11.6 Å². The fraction of sp³-hybridized carbons (Fsp3) is 0.733. The van der Waals surface area contributed by atoms with Crippen LogP contribution in [0.3, 0.4) is 0 Å². The van der Waals surface area contributed by atoms with E-state index in [2.05, 4.69) is 28.2 Å². The van der Waals surface area contributed by atoms with Crippen molar-refractivity contribution in [2.24, 2.45) is 0 Å². The van der Waals surface area contributed by atoms with E-state index in [1.54, 1.807) is 0 Å². The number of halogens is 1. The van der Waals surface area contributed by atoms with E-state index in [-0.39, 0.29) is 0 Å². The fourth-order valence-corrected chi connectivity index (χ4v) is 2.87. The van der Waals surface area contributed by atoms with Crippen LogP contribution in [0, 0.1) is 6.92 Å². The van der Waals surface area contributed by atoms with Crippen LogP contribution in [-0.4, -0.2) is 25.2 Å². The van der Waals surface area contributed by atoms with Crippen LogP contribution in [0.2, 0.25) is 0 Å². The van der Waals surface area contributed by atoms with E-state index >= 15 is 0 Å². The molecule has 0 radical (unpaired) electrons. The van der Waals surface area contributed by atoms with Crippen LogP contribution in [0.25, 0.3) is 11.2 Å². The zero-order chi connectivity index (χ0) is 14.5. The number of unbranched alkanes of at least 4 members (excludes halogenated alkanes) is 3. The summed E-state index contributed by atoms with van der Waals surface area (Å²) in [5, 5.41) is 4.57. The molecule has 4 nitrogen and oxygen atoms in total. The van der Waals surface area contributed by atoms with Crippen LogP contribution in [-0.2, 0) is 19.5 Å². The Kier molecular flexibility index (Phi) is 5.46. The van der Waals surface area contributed by atoms with Gasteiger partial charge in [-0.1, -0.05) is 26.2 Å². The van der Waals surface area contributed by atoms with Crippen molar-refractivity contribution in [1.82, 2.24) is 19.3 Å². The molecule has 0 bridgehead atoms. The van der Waals surface area contributed by atoms with E-state index in [0.717, 1.165) is 36.5 Å². The number of aromatic nitrogens is 4. The van der Waals surface area contributed by atoms with E-state index in [4.69, 9.17) is 16.6 Å². The van der Waals surface area contributed by atoms with Gasteiger partial charge in [-0.2, -0.15) is 5.10 Å². The summed E-state index contributed by atoms with van der Waals surface area (Å²) in [5.74, 6) is 1.72. The largest absolute Gasteiger partial charge is 0.313 e. The van der Waals surface area contributed by atoms with E-state index in [0.29, 0.717) is 5.88 Å². The minimum atomic E-state index is 0.618. The molecule has 0 amide bonds. The van der Waals surface area contributed by atoms with Gasteiger partial charge in [-0.05, 0) is 20.3 Å². The van der Waals surface area contributed by atoms with Crippen molar-refractivity contribution in [3.8, 4) is 0 Å². The van der Waals surface area contributed by atoms with Crippen LogP contribution in [0.4, 0.5) is 0 Å². The number of imidazole rings is 1. The molecule has 0 saturated carbocycles. The van der Waals surface area contributed by atoms with Gasteiger partial charge in [-0.3, -0.25) is 0 Å². The summed E-state index contributed by atoms with van der Waals surface area (Å²) in [7, 11) is 0. The van der Waals surface area contributed by atoms with Gasteiger partial charge >= 0.3 is 0 Å². The summed E-state index contributed by atoms with van der Waals surface area (Å²) < 4.78 is 4.39. The summed E-state index contributed by atoms with van der Waals surface area (Å²) in [6.45, 7) is 8.30. The first-order valence-electron chi connectivity index (χ1n) is 7.71. The maximum Gasteiger partial charge on any atom is 0.158 e. The Morgan fingerprint density at radius 3 is 2.60 bits per heavy atom. The molecule has 0 aliphatic rings. The third kappa shape index (κ3) is 3.00. The smallest absolute Gasteiger partial charge is 0.158 e. The van der Waals surface area contributed by atoms with Gasteiger partial charge in [0.05, 0.1) is 5.69 Å². The lowest BCUT2D eigenvalue weighted by molar-refractivity contribution is 0.557. The lowest BCUT2D eigenvalue weighted by atomic mass is 10.2. The highest BCUT2D eigenvalue weighted by Gasteiger charge is 2.17. The van der Waals surface area contributed by atoms with Crippen molar-refractivity contribution in [2.75, 3.05) is 5.88 Å². The molecular formula is C15H25ClN4. The predicted octanol–water partition coefficient (Wildman–Crippen LogP) is 3.92. The number of aryl methyl sites for hydroxylation is 4. The van der Waals surface area contributed by atoms with Gasteiger partial charge in [-0.15, -0.1) is 11.6 Å². The minimum absolute atomic E-state index is 0.618. The Bertz CT molecular complexity index is 556. The number of rotatable bonds is 8. The highest BCUT2D eigenvalue weighted by molar-refractivity contribution is 6.17. The Morgan fingerprint density at radius 2 is 1.95 bits per heavy atom. The normalized spacial score (nSPS) is 11.6. The van der Waals surface area contributed by atoms with Crippen LogP contribution < -0.4 is 0 Å². The van der Waals surface area contributed by atoms with Gasteiger partial charge in [0, 0.05) is 25.4 Å². The average Bonchev–Trinajstić information content (AvgIpc) is 2.94. The second-order valence-electron chi connectivity index (χ2n) is 5.25. The highest BCUT2D eigenvalue weighted by atomic mass is 35.5. The molecule has 0 spiro atoms. The lowest BCUT2D eigenvalue weighted by Crippen LogP contribution is -2.09. The second-order valence-corrected chi connectivity index (χ2v) is 5.63. The molecule has 0 aromatic carbocycles. The summed E-state index contributed by atoms with van der Waals surface area (Å²) in [6, 6.07) is 0. The topological polar surface area (TPSA) is 35.6 Å². The summed E-state index contributed by atoms with van der Waals surface area (Å²) in [6.07, 6.45) is 5.86. The molecule has 5 heteroatoms. The van der Waals surface area contributed by atoms with E-state index in [9.17, 15) is 0 Å². The zero-order valence-corrected chi connectivity index (χ0v) is 13.6. The first-order chi connectivity index (χ1) is 9.72. The summed E-state index contributed by atoms with van der Waals surface area (Å²) >= 11 is 5.92. The number of alkyl halides is 1. The Balaban J connectivity index is 2.33. The first kappa shape index (κ1) is 15.4. The van der Waals surface area contributed by atoms with Crippen molar-refractivity contribution in [3.05, 3.63) is 11.5 Å². The van der Waals surface area contributed by atoms with Gasteiger partial charge in [0.15, 0.2) is 5.65 Å². The van der Waals surface area contributed by atoms with Crippen molar-refractivity contribution in [2.45, 2.75) is 66.0 Å². The molecule has 2 aromatic heterocycles. The second kappa shape index (κ2) is 7.11. The van der Waals surface area contributed by atoms with Gasteiger partial charge in [0.2, 0.25) is 0 Å². The Hall–Kier alpha value is -1.03.